The number of furan rings is 1. The summed E-state index contributed by atoms with van der Waals surface area (Å²) in [6.45, 7) is 5.97. The van der Waals surface area contributed by atoms with Gasteiger partial charge in [-0.1, -0.05) is 22.9 Å². The van der Waals surface area contributed by atoms with Gasteiger partial charge in [-0.15, -0.1) is 0 Å². The highest BCUT2D eigenvalue weighted by atomic mass is 35.5. The van der Waals surface area contributed by atoms with Gasteiger partial charge in [0.05, 0.1) is 10.2 Å². The van der Waals surface area contributed by atoms with Crippen LogP contribution in [0, 0.1) is 20.8 Å². The molecule has 2 aromatic heterocycles. The Hall–Kier alpha value is -2.37. The molecule has 4 nitrogen and oxygen atoms in total. The SMILES string of the molecule is Cc1cc2oc(C(=O)Nc3nc4ccc(Cl)cc4s3)c(C)c2cc1C. The number of nitrogens with one attached hydrogen (secondary N) is 1. The Morgan fingerprint density at radius 1 is 1.16 bits per heavy atom. The molecule has 0 spiro atoms. The van der Waals surface area contributed by atoms with Crippen molar-refractivity contribution in [2.24, 2.45) is 0 Å². The van der Waals surface area contributed by atoms with Crippen molar-refractivity contribution in [2.75, 3.05) is 5.32 Å². The highest BCUT2D eigenvalue weighted by Gasteiger charge is 2.19. The van der Waals surface area contributed by atoms with Crippen LogP contribution in [0.4, 0.5) is 5.13 Å². The third-order valence-electron chi connectivity index (χ3n) is 4.33. The molecular formula is C19H15ClN2O2S. The Morgan fingerprint density at radius 3 is 2.72 bits per heavy atom. The van der Waals surface area contributed by atoms with Crippen molar-refractivity contribution in [3.63, 3.8) is 0 Å². The van der Waals surface area contributed by atoms with Gasteiger partial charge >= 0.3 is 0 Å². The summed E-state index contributed by atoms with van der Waals surface area (Å²) >= 11 is 7.38. The minimum absolute atomic E-state index is 0.297. The van der Waals surface area contributed by atoms with E-state index in [4.69, 9.17) is 16.0 Å². The van der Waals surface area contributed by atoms with Crippen LogP contribution in [-0.4, -0.2) is 10.9 Å². The van der Waals surface area contributed by atoms with Gasteiger partial charge in [-0.25, -0.2) is 4.98 Å². The number of nitrogens with zero attached hydrogens (tertiary/aromatic N) is 1. The van der Waals surface area contributed by atoms with Gasteiger partial charge in [-0.2, -0.15) is 0 Å². The van der Waals surface area contributed by atoms with Gasteiger partial charge in [-0.3, -0.25) is 10.1 Å². The molecule has 0 aliphatic carbocycles. The first-order valence-corrected chi connectivity index (χ1v) is 8.99. The number of benzene rings is 2. The molecule has 0 bridgehead atoms. The molecule has 6 heteroatoms. The first-order chi connectivity index (χ1) is 11.9. The molecule has 0 unspecified atom stereocenters. The van der Waals surface area contributed by atoms with Gasteiger partial charge in [0.2, 0.25) is 0 Å². The van der Waals surface area contributed by atoms with E-state index in [0.29, 0.717) is 15.9 Å². The Balaban J connectivity index is 1.70. The summed E-state index contributed by atoms with van der Waals surface area (Å²) in [4.78, 5) is 17.1. The predicted octanol–water partition coefficient (Wildman–Crippen LogP) is 5.87. The monoisotopic (exact) mass is 370 g/mol. The van der Waals surface area contributed by atoms with Crippen molar-refractivity contribution >= 4 is 55.2 Å². The Labute approximate surface area is 153 Å². The fraction of sp³-hybridized carbons (Fsp3) is 0.158. The van der Waals surface area contributed by atoms with Crippen LogP contribution in [0.25, 0.3) is 21.2 Å². The van der Waals surface area contributed by atoms with Gasteiger partial charge in [0.1, 0.15) is 5.58 Å². The van der Waals surface area contributed by atoms with Crippen molar-refractivity contribution in [1.82, 2.24) is 4.98 Å². The molecule has 0 radical (unpaired) electrons. The molecule has 126 valence electrons. The molecule has 0 fully saturated rings. The molecule has 4 aromatic rings. The minimum atomic E-state index is -0.297. The molecule has 1 amide bonds. The second-order valence-corrected chi connectivity index (χ2v) is 7.54. The molecule has 25 heavy (non-hydrogen) atoms. The third-order valence-corrected chi connectivity index (χ3v) is 5.50. The highest BCUT2D eigenvalue weighted by molar-refractivity contribution is 7.22. The number of hydrogen-bond donors (Lipinski definition) is 1. The maximum atomic E-state index is 12.7. The van der Waals surface area contributed by atoms with Crippen molar-refractivity contribution in [2.45, 2.75) is 20.8 Å². The molecule has 2 aromatic carbocycles. The van der Waals surface area contributed by atoms with E-state index in [1.165, 1.54) is 16.9 Å². The smallest absolute Gasteiger partial charge is 0.293 e. The molecule has 2 heterocycles. The standard InChI is InChI=1S/C19H15ClN2O2S/c1-9-6-13-11(3)17(24-15(13)7-10(9)2)18(23)22-19-21-14-5-4-12(20)8-16(14)25-19/h4-8H,1-3H3,(H,21,22,23). The fourth-order valence-corrected chi connectivity index (χ4v) is 3.94. The maximum Gasteiger partial charge on any atom is 0.293 e. The second-order valence-electron chi connectivity index (χ2n) is 6.07. The van der Waals surface area contributed by atoms with Crippen LogP contribution in [0.15, 0.2) is 34.7 Å². The van der Waals surface area contributed by atoms with Crippen LogP contribution in [0.2, 0.25) is 5.02 Å². The average molecular weight is 371 g/mol. The van der Waals surface area contributed by atoms with Crippen LogP contribution < -0.4 is 5.32 Å². The van der Waals surface area contributed by atoms with Crippen LogP contribution in [-0.2, 0) is 0 Å². The van der Waals surface area contributed by atoms with Crippen LogP contribution in [0.3, 0.4) is 0 Å². The molecule has 4 rings (SSSR count). The first-order valence-electron chi connectivity index (χ1n) is 7.80. The first kappa shape index (κ1) is 16.1. The number of hydrogen-bond acceptors (Lipinski definition) is 4. The number of rotatable bonds is 2. The zero-order chi connectivity index (χ0) is 17.7. The van der Waals surface area contributed by atoms with Gasteiger partial charge < -0.3 is 4.42 Å². The Kier molecular flexibility index (Phi) is 3.78. The Bertz CT molecular complexity index is 1140. The van der Waals surface area contributed by atoms with Crippen molar-refractivity contribution < 1.29 is 9.21 Å². The normalized spacial score (nSPS) is 11.4. The van der Waals surface area contributed by atoms with Crippen molar-refractivity contribution in [3.05, 3.63) is 57.8 Å². The van der Waals surface area contributed by atoms with E-state index < -0.39 is 0 Å². The van der Waals surface area contributed by atoms with E-state index in [9.17, 15) is 4.79 Å². The summed E-state index contributed by atoms with van der Waals surface area (Å²) in [7, 11) is 0. The van der Waals surface area contributed by atoms with Gasteiger partial charge in [0.25, 0.3) is 5.91 Å². The van der Waals surface area contributed by atoms with Crippen LogP contribution >= 0.6 is 22.9 Å². The number of halogens is 1. The van der Waals surface area contributed by atoms with Crippen molar-refractivity contribution in [3.8, 4) is 0 Å². The zero-order valence-corrected chi connectivity index (χ0v) is 15.5. The molecule has 0 atom stereocenters. The number of amides is 1. The number of aryl methyl sites for hydroxylation is 3. The van der Waals surface area contributed by atoms with Gasteiger partial charge in [0, 0.05) is 16.0 Å². The molecule has 1 N–H and O–H groups in total. The van der Waals surface area contributed by atoms with Crippen LogP contribution in [0.1, 0.15) is 27.2 Å². The number of anilines is 1. The number of carbonyl (C=O) groups is 1. The Morgan fingerprint density at radius 2 is 1.92 bits per heavy atom. The number of thiazole rings is 1. The van der Waals surface area contributed by atoms with E-state index in [1.807, 2.05) is 39.0 Å². The zero-order valence-electron chi connectivity index (χ0n) is 13.9. The maximum absolute atomic E-state index is 12.7. The molecule has 0 aliphatic heterocycles. The van der Waals surface area contributed by atoms with Gasteiger partial charge in [-0.05, 0) is 62.2 Å². The van der Waals surface area contributed by atoms with Crippen molar-refractivity contribution in [1.29, 1.82) is 0 Å². The van der Waals surface area contributed by atoms with E-state index in [2.05, 4.69) is 16.4 Å². The summed E-state index contributed by atoms with van der Waals surface area (Å²) in [5.74, 6) is 0.0199. The molecule has 0 aliphatic rings. The molecule has 0 saturated heterocycles. The summed E-state index contributed by atoms with van der Waals surface area (Å²) in [5.41, 5.74) is 4.67. The van der Waals surface area contributed by atoms with Crippen LogP contribution in [0.5, 0.6) is 0 Å². The summed E-state index contributed by atoms with van der Waals surface area (Å²) in [6.07, 6.45) is 0. The molecular weight excluding hydrogens is 356 g/mol. The van der Waals surface area contributed by atoms with Gasteiger partial charge in [0.15, 0.2) is 10.9 Å². The quantitative estimate of drug-likeness (QED) is 0.479. The fourth-order valence-electron chi connectivity index (χ4n) is 2.80. The predicted molar refractivity (Wildman–Crippen MR) is 103 cm³/mol. The van der Waals surface area contributed by atoms with E-state index >= 15 is 0 Å². The summed E-state index contributed by atoms with van der Waals surface area (Å²) in [5, 5.41) is 4.96. The lowest BCUT2D eigenvalue weighted by atomic mass is 10.1. The van der Waals surface area contributed by atoms with E-state index in [0.717, 1.165) is 32.3 Å². The summed E-state index contributed by atoms with van der Waals surface area (Å²) < 4.78 is 6.73. The van der Waals surface area contributed by atoms with E-state index in [1.54, 1.807) is 6.07 Å². The topological polar surface area (TPSA) is 55.1 Å². The minimum Gasteiger partial charge on any atom is -0.451 e. The summed E-state index contributed by atoms with van der Waals surface area (Å²) in [6, 6.07) is 9.47. The number of fused-ring (bicyclic) bond motifs is 2. The van der Waals surface area contributed by atoms with E-state index in [-0.39, 0.29) is 5.91 Å². The number of carbonyl (C=O) groups excluding carboxylic acids is 1. The lowest BCUT2D eigenvalue weighted by molar-refractivity contribution is 0.0998. The lowest BCUT2D eigenvalue weighted by Crippen LogP contribution is -2.11. The largest absolute Gasteiger partial charge is 0.451 e. The third kappa shape index (κ3) is 2.79. The average Bonchev–Trinajstić information content (AvgIpc) is 3.09. The molecule has 0 saturated carbocycles. The number of aromatic nitrogens is 1. The highest BCUT2D eigenvalue weighted by Crippen LogP contribution is 2.31. The lowest BCUT2D eigenvalue weighted by Gasteiger charge is -1.99. The second kappa shape index (κ2) is 5.86.